The van der Waals surface area contributed by atoms with Gasteiger partial charge in [0.2, 0.25) is 0 Å². The molecule has 3 aromatic rings. The lowest BCUT2D eigenvalue weighted by atomic mass is 10.1. The molecule has 0 bridgehead atoms. The highest BCUT2D eigenvalue weighted by Gasteiger charge is 2.15. The molecule has 1 fully saturated rings. The van der Waals surface area contributed by atoms with Crippen molar-refractivity contribution in [1.29, 1.82) is 0 Å². The molecule has 1 aliphatic carbocycles. The molecule has 0 atom stereocenters. The molecule has 2 aromatic heterocycles. The summed E-state index contributed by atoms with van der Waals surface area (Å²) in [5.41, 5.74) is 3.87. The van der Waals surface area contributed by atoms with Crippen molar-refractivity contribution in [3.05, 3.63) is 53.3 Å². The number of carboxylic acid groups (broad SMARTS) is 1. The summed E-state index contributed by atoms with van der Waals surface area (Å²) in [6.07, 6.45) is 8.09. The highest BCUT2D eigenvalue weighted by atomic mass is 16.5. The second kappa shape index (κ2) is 7.48. The number of fused-ring (bicyclic) bond motifs is 1. The molecule has 0 unspecified atom stereocenters. The third-order valence-corrected chi connectivity index (χ3v) is 5.17. The van der Waals surface area contributed by atoms with Gasteiger partial charge in [-0.25, -0.2) is 14.5 Å². The van der Waals surface area contributed by atoms with Gasteiger partial charge in [0.05, 0.1) is 29.7 Å². The van der Waals surface area contributed by atoms with Crippen molar-refractivity contribution in [3.8, 4) is 5.69 Å². The lowest BCUT2D eigenvalue weighted by Gasteiger charge is -2.10. The molecule has 0 amide bonds. The molecule has 0 radical (unpaired) electrons. The molecular weight excluding hydrogens is 342 g/mol. The van der Waals surface area contributed by atoms with Crippen LogP contribution in [0.5, 0.6) is 0 Å². The van der Waals surface area contributed by atoms with Gasteiger partial charge in [0.15, 0.2) is 5.65 Å². The number of carboxylic acids is 1. The van der Waals surface area contributed by atoms with E-state index in [0.29, 0.717) is 6.10 Å². The van der Waals surface area contributed by atoms with E-state index in [1.165, 1.54) is 25.7 Å². The van der Waals surface area contributed by atoms with E-state index in [4.69, 9.17) is 9.84 Å². The Kier molecular flexibility index (Phi) is 4.90. The average molecular weight is 365 g/mol. The highest BCUT2D eigenvalue weighted by molar-refractivity contribution is 5.88. The molecule has 1 saturated carbocycles. The maximum absolute atomic E-state index is 11.0. The van der Waals surface area contributed by atoms with Gasteiger partial charge >= 0.3 is 5.97 Å². The molecule has 1 aromatic carbocycles. The zero-order valence-electron chi connectivity index (χ0n) is 15.4. The molecule has 0 spiro atoms. The third kappa shape index (κ3) is 3.71. The lowest BCUT2D eigenvalue weighted by molar-refractivity contribution is 0.0606. The van der Waals surface area contributed by atoms with Crippen LogP contribution in [0.2, 0.25) is 0 Å². The van der Waals surface area contributed by atoms with Gasteiger partial charge in [-0.15, -0.1) is 0 Å². The van der Waals surface area contributed by atoms with E-state index in [9.17, 15) is 4.79 Å². The van der Waals surface area contributed by atoms with Crippen LogP contribution < -0.4 is 0 Å². The molecule has 4 rings (SSSR count). The van der Waals surface area contributed by atoms with Crippen LogP contribution in [-0.2, 0) is 11.2 Å². The summed E-state index contributed by atoms with van der Waals surface area (Å²) in [5, 5.41) is 14.7. The van der Waals surface area contributed by atoms with Crippen molar-refractivity contribution in [3.63, 3.8) is 0 Å². The number of pyridine rings is 1. The molecule has 6 heteroatoms. The van der Waals surface area contributed by atoms with Crippen LogP contribution in [0.15, 0.2) is 36.5 Å². The van der Waals surface area contributed by atoms with Gasteiger partial charge in [0.1, 0.15) is 0 Å². The first-order valence-electron chi connectivity index (χ1n) is 9.41. The number of aromatic carboxylic acids is 1. The molecule has 6 nitrogen and oxygen atoms in total. The number of aromatic nitrogens is 3. The van der Waals surface area contributed by atoms with E-state index >= 15 is 0 Å². The summed E-state index contributed by atoms with van der Waals surface area (Å²) < 4.78 is 7.72. The Hall–Kier alpha value is -2.73. The molecule has 1 N–H and O–H groups in total. The Morgan fingerprint density at radius 1 is 1.26 bits per heavy atom. The maximum Gasteiger partial charge on any atom is 0.335 e. The van der Waals surface area contributed by atoms with Crippen LogP contribution in [0.1, 0.15) is 47.3 Å². The monoisotopic (exact) mass is 365 g/mol. The van der Waals surface area contributed by atoms with Crippen LogP contribution in [-0.4, -0.2) is 38.6 Å². The number of ether oxygens (including phenoxy) is 1. The fraction of sp³-hybridized carbons (Fsp3) is 0.381. The number of rotatable bonds is 6. The van der Waals surface area contributed by atoms with Gasteiger partial charge in [-0.2, -0.15) is 5.10 Å². The van der Waals surface area contributed by atoms with Gasteiger partial charge < -0.3 is 9.84 Å². The average Bonchev–Trinajstić information content (AvgIpc) is 3.30. The summed E-state index contributed by atoms with van der Waals surface area (Å²) in [5.74, 6) is -0.939. The van der Waals surface area contributed by atoms with Crippen LogP contribution in [0.25, 0.3) is 16.7 Å². The zero-order chi connectivity index (χ0) is 18.8. The fourth-order valence-corrected chi connectivity index (χ4v) is 3.65. The lowest BCUT2D eigenvalue weighted by Crippen LogP contribution is -2.10. The van der Waals surface area contributed by atoms with Gasteiger partial charge in [-0.1, -0.05) is 12.8 Å². The second-order valence-corrected chi connectivity index (χ2v) is 7.09. The molecule has 27 heavy (non-hydrogen) atoms. The molecule has 0 saturated heterocycles. The van der Waals surface area contributed by atoms with Gasteiger partial charge in [0, 0.05) is 11.6 Å². The minimum Gasteiger partial charge on any atom is -0.478 e. The Labute approximate surface area is 157 Å². The minimum atomic E-state index is -0.939. The molecule has 2 heterocycles. The summed E-state index contributed by atoms with van der Waals surface area (Å²) in [4.78, 5) is 15.6. The first kappa shape index (κ1) is 17.7. The number of benzene rings is 1. The number of nitrogens with zero attached hydrogens (tertiary/aromatic N) is 3. The molecule has 1 aliphatic rings. The second-order valence-electron chi connectivity index (χ2n) is 7.09. The van der Waals surface area contributed by atoms with Crippen LogP contribution in [0.4, 0.5) is 0 Å². The quantitative estimate of drug-likeness (QED) is 0.716. The van der Waals surface area contributed by atoms with E-state index < -0.39 is 5.97 Å². The highest BCUT2D eigenvalue weighted by Crippen LogP contribution is 2.23. The van der Waals surface area contributed by atoms with Gasteiger partial charge in [-0.05, 0) is 62.1 Å². The SMILES string of the molecule is Cc1nn(-c2ccc(C(=O)O)cc2)c2ncc(CCOC3CCCC3)cc12. The van der Waals surface area contributed by atoms with Crippen LogP contribution >= 0.6 is 0 Å². The van der Waals surface area contributed by atoms with E-state index in [1.807, 2.05) is 13.1 Å². The summed E-state index contributed by atoms with van der Waals surface area (Å²) >= 11 is 0. The van der Waals surface area contributed by atoms with Gasteiger partial charge in [0.25, 0.3) is 0 Å². The number of aryl methyl sites for hydroxylation is 1. The summed E-state index contributed by atoms with van der Waals surface area (Å²) in [7, 11) is 0. The van der Waals surface area contributed by atoms with E-state index in [-0.39, 0.29) is 5.56 Å². The largest absolute Gasteiger partial charge is 0.478 e. The van der Waals surface area contributed by atoms with Crippen molar-refractivity contribution >= 4 is 17.0 Å². The predicted octanol–water partition coefficient (Wildman–Crippen LogP) is 3.93. The topological polar surface area (TPSA) is 77.2 Å². The normalized spacial score (nSPS) is 14.9. The van der Waals surface area contributed by atoms with Crippen LogP contribution in [0.3, 0.4) is 0 Å². The molecule has 0 aliphatic heterocycles. The fourth-order valence-electron chi connectivity index (χ4n) is 3.65. The number of carbonyl (C=O) groups is 1. The first-order valence-corrected chi connectivity index (χ1v) is 9.41. The first-order chi connectivity index (χ1) is 13.1. The van der Waals surface area contributed by atoms with Crippen molar-refractivity contribution in [1.82, 2.24) is 14.8 Å². The maximum atomic E-state index is 11.0. The predicted molar refractivity (Wildman–Crippen MR) is 102 cm³/mol. The minimum absolute atomic E-state index is 0.254. The zero-order valence-corrected chi connectivity index (χ0v) is 15.4. The van der Waals surface area contributed by atoms with E-state index in [2.05, 4.69) is 16.1 Å². The Morgan fingerprint density at radius 2 is 2.00 bits per heavy atom. The Morgan fingerprint density at radius 3 is 2.70 bits per heavy atom. The smallest absolute Gasteiger partial charge is 0.335 e. The number of hydrogen-bond donors (Lipinski definition) is 1. The Balaban J connectivity index is 1.54. The Bertz CT molecular complexity index is 957. The van der Waals surface area contributed by atoms with Crippen molar-refractivity contribution in [2.45, 2.75) is 45.1 Å². The standard InChI is InChI=1S/C21H23N3O3/c1-14-19-12-15(10-11-27-18-4-2-3-5-18)13-22-20(19)24(23-14)17-8-6-16(7-9-17)21(25)26/h6-9,12-13,18H,2-5,10-11H2,1H3,(H,25,26). The van der Waals surface area contributed by atoms with E-state index in [0.717, 1.165) is 41.0 Å². The molecular formula is C21H23N3O3. The van der Waals surface area contributed by atoms with E-state index in [1.54, 1.807) is 28.9 Å². The van der Waals surface area contributed by atoms with Gasteiger partial charge in [-0.3, -0.25) is 0 Å². The third-order valence-electron chi connectivity index (χ3n) is 5.17. The van der Waals surface area contributed by atoms with Crippen molar-refractivity contribution in [2.75, 3.05) is 6.61 Å². The summed E-state index contributed by atoms with van der Waals surface area (Å²) in [6, 6.07) is 8.79. The van der Waals surface area contributed by atoms with Crippen LogP contribution in [0, 0.1) is 6.92 Å². The summed E-state index contributed by atoms with van der Waals surface area (Å²) in [6.45, 7) is 2.69. The van der Waals surface area contributed by atoms with Crippen molar-refractivity contribution in [2.24, 2.45) is 0 Å². The number of hydrogen-bond acceptors (Lipinski definition) is 4. The molecule has 140 valence electrons. The van der Waals surface area contributed by atoms with Crippen molar-refractivity contribution < 1.29 is 14.6 Å².